The van der Waals surface area contributed by atoms with Gasteiger partial charge < -0.3 is 15.3 Å². The van der Waals surface area contributed by atoms with E-state index < -0.39 is 33.5 Å². The van der Waals surface area contributed by atoms with Crippen LogP contribution in [0.25, 0.3) is 0 Å². The molecular formula is C6H12O7S. The van der Waals surface area contributed by atoms with E-state index in [0.29, 0.717) is 0 Å². The lowest BCUT2D eigenvalue weighted by Crippen LogP contribution is -2.55. The van der Waals surface area contributed by atoms with Crippen molar-refractivity contribution in [2.75, 3.05) is 0 Å². The summed E-state index contributed by atoms with van der Waals surface area (Å²) in [6, 6.07) is 0. The van der Waals surface area contributed by atoms with Crippen LogP contribution in [0.2, 0.25) is 0 Å². The molecule has 4 N–H and O–H groups in total. The third-order valence-electron chi connectivity index (χ3n) is 1.86. The van der Waals surface area contributed by atoms with Crippen molar-refractivity contribution in [3.05, 3.63) is 0 Å². The predicted molar refractivity (Wildman–Crippen MR) is 45.0 cm³/mol. The molecule has 7 nitrogen and oxygen atoms in total. The zero-order valence-electron chi connectivity index (χ0n) is 7.41. The van der Waals surface area contributed by atoms with Crippen LogP contribution in [-0.2, 0) is 14.9 Å². The maximum absolute atomic E-state index is 10.8. The fourth-order valence-electron chi connectivity index (χ4n) is 1.09. The van der Waals surface area contributed by atoms with Gasteiger partial charge in [-0.2, -0.15) is 8.42 Å². The number of carboxylic acid groups (broad SMARTS) is 1. The second-order valence-corrected chi connectivity index (χ2v) is 4.47. The Morgan fingerprint density at radius 1 is 1.43 bits per heavy atom. The molecule has 0 aromatic heterocycles. The zero-order chi connectivity index (χ0) is 11.6. The first-order chi connectivity index (χ1) is 6.20. The summed E-state index contributed by atoms with van der Waals surface area (Å²) in [5.41, 5.74) is 0. The molecule has 84 valence electrons. The Balaban J connectivity index is 5.52. The first-order valence-electron chi connectivity index (χ1n) is 3.76. The van der Waals surface area contributed by atoms with E-state index in [4.69, 9.17) is 19.9 Å². The number of aliphatic carboxylic acids is 1. The highest BCUT2D eigenvalue weighted by Gasteiger charge is 2.55. The molecule has 1 atom stereocenters. The lowest BCUT2D eigenvalue weighted by Gasteiger charge is -2.26. The molecule has 8 heteroatoms. The minimum atomic E-state index is -5.09. The normalized spacial score (nSPS) is 16.6. The molecule has 0 aromatic rings. The molecule has 1 unspecified atom stereocenters. The minimum Gasteiger partial charge on any atom is -0.480 e. The number of rotatable bonds is 5. The summed E-state index contributed by atoms with van der Waals surface area (Å²) < 4.78 is 27.3. The number of hydrogen-bond acceptors (Lipinski definition) is 5. The summed E-state index contributed by atoms with van der Waals surface area (Å²) in [6.45, 7) is 1.45. The molecule has 0 saturated heterocycles. The van der Waals surface area contributed by atoms with Crippen LogP contribution in [0.4, 0.5) is 0 Å². The molecule has 0 spiro atoms. The zero-order valence-corrected chi connectivity index (χ0v) is 8.23. The number of aliphatic hydroxyl groups excluding tert-OH is 1. The third kappa shape index (κ3) is 2.03. The van der Waals surface area contributed by atoms with Crippen LogP contribution >= 0.6 is 0 Å². The van der Waals surface area contributed by atoms with Crippen molar-refractivity contribution >= 4 is 16.1 Å². The van der Waals surface area contributed by atoms with E-state index in [2.05, 4.69) is 0 Å². The summed E-state index contributed by atoms with van der Waals surface area (Å²) in [5, 5.41) is 26.1. The summed E-state index contributed by atoms with van der Waals surface area (Å²) >= 11 is 0. The maximum atomic E-state index is 10.8. The largest absolute Gasteiger partial charge is 0.480 e. The van der Waals surface area contributed by atoms with Crippen molar-refractivity contribution < 1.29 is 33.1 Å². The highest BCUT2D eigenvalue weighted by Crippen LogP contribution is 2.26. The van der Waals surface area contributed by atoms with Gasteiger partial charge in [-0.05, 0) is 6.42 Å². The Morgan fingerprint density at radius 3 is 1.93 bits per heavy atom. The van der Waals surface area contributed by atoms with Gasteiger partial charge in [0.15, 0.2) is 6.29 Å². The number of aliphatic hydroxyl groups is 2. The van der Waals surface area contributed by atoms with Gasteiger partial charge in [-0.3, -0.25) is 9.35 Å². The molecule has 14 heavy (non-hydrogen) atoms. The first-order valence-corrected chi connectivity index (χ1v) is 5.20. The Morgan fingerprint density at radius 2 is 1.86 bits per heavy atom. The van der Waals surface area contributed by atoms with E-state index >= 15 is 0 Å². The SMILES string of the molecule is CCCC(C(=O)O)(C(O)O)S(=O)(=O)O. The van der Waals surface area contributed by atoms with Gasteiger partial charge in [0.05, 0.1) is 0 Å². The van der Waals surface area contributed by atoms with Gasteiger partial charge in [0.25, 0.3) is 10.1 Å². The molecule has 0 aliphatic heterocycles. The smallest absolute Gasteiger partial charge is 0.332 e. The van der Waals surface area contributed by atoms with Crippen LogP contribution in [0.3, 0.4) is 0 Å². The van der Waals surface area contributed by atoms with Crippen molar-refractivity contribution in [2.45, 2.75) is 30.8 Å². The number of carbonyl (C=O) groups is 1. The second kappa shape index (κ2) is 4.22. The lowest BCUT2D eigenvalue weighted by atomic mass is 10.0. The molecule has 0 saturated carbocycles. The van der Waals surface area contributed by atoms with Gasteiger partial charge in [0.1, 0.15) is 0 Å². The molecule has 0 fully saturated rings. The molecule has 0 rings (SSSR count). The lowest BCUT2D eigenvalue weighted by molar-refractivity contribution is -0.155. The van der Waals surface area contributed by atoms with Crippen LogP contribution in [0.5, 0.6) is 0 Å². The standard InChI is InChI=1S/C6H12O7S/c1-2-3-6(4(7)8,5(9)10)14(11,12)13/h4,7-8H,2-3H2,1H3,(H,9,10)(H,11,12,13). The molecule has 0 aromatic carbocycles. The van der Waals surface area contributed by atoms with E-state index in [-0.39, 0.29) is 6.42 Å². The summed E-state index contributed by atoms with van der Waals surface area (Å²) in [4.78, 5) is 10.6. The third-order valence-corrected chi connectivity index (χ3v) is 3.37. The van der Waals surface area contributed by atoms with E-state index in [1.807, 2.05) is 0 Å². The molecule has 0 heterocycles. The fraction of sp³-hybridized carbons (Fsp3) is 0.833. The quantitative estimate of drug-likeness (QED) is 0.343. The van der Waals surface area contributed by atoms with Crippen molar-refractivity contribution in [2.24, 2.45) is 0 Å². The van der Waals surface area contributed by atoms with Crippen LogP contribution in [0, 0.1) is 0 Å². The van der Waals surface area contributed by atoms with Gasteiger partial charge >= 0.3 is 5.97 Å². The van der Waals surface area contributed by atoms with E-state index in [1.54, 1.807) is 0 Å². The van der Waals surface area contributed by atoms with Gasteiger partial charge in [0.2, 0.25) is 4.75 Å². The van der Waals surface area contributed by atoms with Gasteiger partial charge in [-0.25, -0.2) is 0 Å². The first kappa shape index (κ1) is 13.3. The van der Waals surface area contributed by atoms with Crippen LogP contribution in [0.1, 0.15) is 19.8 Å². The average molecular weight is 228 g/mol. The highest BCUT2D eigenvalue weighted by molar-refractivity contribution is 7.88. The number of carboxylic acids is 1. The van der Waals surface area contributed by atoms with Gasteiger partial charge in [-0.1, -0.05) is 13.3 Å². The van der Waals surface area contributed by atoms with E-state index in [0.717, 1.165) is 0 Å². The van der Waals surface area contributed by atoms with E-state index in [9.17, 15) is 13.2 Å². The highest BCUT2D eigenvalue weighted by atomic mass is 32.2. The van der Waals surface area contributed by atoms with Crippen LogP contribution in [-0.4, -0.2) is 45.3 Å². The summed E-state index contributed by atoms with van der Waals surface area (Å²) in [6.07, 6.45) is -3.20. The molecule has 0 amide bonds. The van der Waals surface area contributed by atoms with Gasteiger partial charge in [-0.15, -0.1) is 0 Å². The summed E-state index contributed by atoms with van der Waals surface area (Å²) in [5.74, 6) is -1.99. The molecule has 0 aliphatic rings. The minimum absolute atomic E-state index is 0.0592. The van der Waals surface area contributed by atoms with Crippen molar-refractivity contribution in [3.8, 4) is 0 Å². The summed E-state index contributed by atoms with van der Waals surface area (Å²) in [7, 11) is -5.09. The predicted octanol–water partition coefficient (Wildman–Crippen LogP) is -1.19. The molecule has 0 aliphatic carbocycles. The van der Waals surface area contributed by atoms with Crippen LogP contribution in [0.15, 0.2) is 0 Å². The topological polar surface area (TPSA) is 132 Å². The number of hydrogen-bond donors (Lipinski definition) is 4. The van der Waals surface area contributed by atoms with E-state index in [1.165, 1.54) is 6.92 Å². The maximum Gasteiger partial charge on any atom is 0.332 e. The molecular weight excluding hydrogens is 216 g/mol. The Hall–Kier alpha value is -0.700. The fourth-order valence-corrected chi connectivity index (χ4v) is 2.04. The Kier molecular flexibility index (Phi) is 4.01. The van der Waals surface area contributed by atoms with Crippen molar-refractivity contribution in [3.63, 3.8) is 0 Å². The second-order valence-electron chi connectivity index (χ2n) is 2.79. The molecule has 0 radical (unpaired) electrons. The van der Waals surface area contributed by atoms with Crippen molar-refractivity contribution in [1.29, 1.82) is 0 Å². The monoisotopic (exact) mass is 228 g/mol. The van der Waals surface area contributed by atoms with Crippen LogP contribution < -0.4 is 0 Å². The molecule has 0 bridgehead atoms. The Bertz CT molecular complexity index is 306. The average Bonchev–Trinajstić information content (AvgIpc) is 1.95. The van der Waals surface area contributed by atoms with Crippen molar-refractivity contribution in [1.82, 2.24) is 0 Å². The Labute approximate surface area is 80.7 Å². The van der Waals surface area contributed by atoms with Gasteiger partial charge in [0, 0.05) is 0 Å².